The van der Waals surface area contributed by atoms with Gasteiger partial charge in [-0.15, -0.1) is 0 Å². The predicted octanol–water partition coefficient (Wildman–Crippen LogP) is 4.26. The van der Waals surface area contributed by atoms with E-state index in [4.69, 9.17) is 13.9 Å². The largest absolute Gasteiger partial charge is 0.493 e. The Labute approximate surface area is 167 Å². The number of para-hydroxylation sites is 2. The molecule has 0 radical (unpaired) electrons. The number of furan rings is 1. The molecule has 7 nitrogen and oxygen atoms in total. The van der Waals surface area contributed by atoms with Crippen molar-refractivity contribution in [1.29, 1.82) is 0 Å². The van der Waals surface area contributed by atoms with Gasteiger partial charge in [-0.05, 0) is 19.1 Å². The van der Waals surface area contributed by atoms with Crippen LogP contribution in [0, 0.1) is 6.92 Å². The van der Waals surface area contributed by atoms with Gasteiger partial charge >= 0.3 is 0 Å². The van der Waals surface area contributed by atoms with Crippen molar-refractivity contribution in [1.82, 2.24) is 9.78 Å². The molecule has 2 heterocycles. The fourth-order valence-corrected chi connectivity index (χ4v) is 3.37. The number of rotatable bonds is 6. The lowest BCUT2D eigenvalue weighted by Gasteiger charge is -2.14. The van der Waals surface area contributed by atoms with E-state index in [2.05, 4.69) is 10.4 Å². The average Bonchev–Trinajstić information content (AvgIpc) is 3.32. The molecule has 2 aromatic heterocycles. The predicted molar refractivity (Wildman–Crippen MR) is 110 cm³/mol. The molecular formula is C22H21N3O4. The highest BCUT2D eigenvalue weighted by Crippen LogP contribution is 2.32. The second kappa shape index (κ2) is 7.71. The van der Waals surface area contributed by atoms with Crippen LogP contribution in [0.5, 0.6) is 11.5 Å². The van der Waals surface area contributed by atoms with Crippen molar-refractivity contribution in [3.63, 3.8) is 0 Å². The van der Waals surface area contributed by atoms with Crippen LogP contribution in [0.15, 0.2) is 59.1 Å². The summed E-state index contributed by atoms with van der Waals surface area (Å²) in [4.78, 5) is 12.8. The molecule has 4 rings (SSSR count). The summed E-state index contributed by atoms with van der Waals surface area (Å²) < 4.78 is 18.3. The number of methoxy groups -OCH3 is 2. The first kappa shape index (κ1) is 18.6. The van der Waals surface area contributed by atoms with Gasteiger partial charge in [-0.2, -0.15) is 5.10 Å². The zero-order valence-electron chi connectivity index (χ0n) is 16.4. The minimum atomic E-state index is -0.321. The third-order valence-electron chi connectivity index (χ3n) is 4.81. The number of aryl methyl sites for hydroxylation is 1. The first-order valence-electron chi connectivity index (χ1n) is 9.13. The Bertz CT molecular complexity index is 1180. The fourth-order valence-electron chi connectivity index (χ4n) is 3.37. The highest BCUT2D eigenvalue weighted by Gasteiger charge is 2.19. The summed E-state index contributed by atoms with van der Waals surface area (Å²) in [5, 5.41) is 8.14. The van der Waals surface area contributed by atoms with Crippen LogP contribution in [-0.4, -0.2) is 29.9 Å². The van der Waals surface area contributed by atoms with Gasteiger partial charge < -0.3 is 19.2 Å². The molecule has 0 atom stereocenters. The van der Waals surface area contributed by atoms with Crippen LogP contribution in [0.4, 0.5) is 5.82 Å². The molecule has 0 aliphatic heterocycles. The van der Waals surface area contributed by atoms with E-state index in [-0.39, 0.29) is 11.7 Å². The molecule has 29 heavy (non-hydrogen) atoms. The lowest BCUT2D eigenvalue weighted by molar-refractivity contribution is 0.0997. The molecule has 0 aliphatic rings. The number of fused-ring (bicyclic) bond motifs is 1. The second-order valence-electron chi connectivity index (χ2n) is 6.53. The van der Waals surface area contributed by atoms with Crippen LogP contribution >= 0.6 is 0 Å². The standard InChI is InChI=1S/C22H21N3O4/c1-14-16-8-4-5-9-17(16)29-20(14)22(26)24-19-11-12-23-25(19)13-15-7-6-10-18(27-2)21(15)28-3/h4-12H,13H2,1-3H3,(H,24,26). The molecule has 0 fully saturated rings. The normalized spacial score (nSPS) is 10.9. The summed E-state index contributed by atoms with van der Waals surface area (Å²) in [7, 11) is 3.19. The monoisotopic (exact) mass is 391 g/mol. The van der Waals surface area contributed by atoms with E-state index in [1.807, 2.05) is 49.4 Å². The Morgan fingerprint density at radius 2 is 1.93 bits per heavy atom. The summed E-state index contributed by atoms with van der Waals surface area (Å²) in [6.07, 6.45) is 1.63. The summed E-state index contributed by atoms with van der Waals surface area (Å²) in [6, 6.07) is 15.0. The molecule has 1 amide bonds. The van der Waals surface area contributed by atoms with Crippen molar-refractivity contribution in [2.75, 3.05) is 19.5 Å². The number of hydrogen-bond acceptors (Lipinski definition) is 5. The van der Waals surface area contributed by atoms with Crippen LogP contribution in [0.25, 0.3) is 11.0 Å². The molecule has 7 heteroatoms. The number of carbonyl (C=O) groups excluding carboxylic acids is 1. The number of hydrogen-bond donors (Lipinski definition) is 1. The molecule has 4 aromatic rings. The molecule has 0 aliphatic carbocycles. The van der Waals surface area contributed by atoms with E-state index >= 15 is 0 Å². The number of ether oxygens (including phenoxy) is 2. The Hall–Kier alpha value is -3.74. The SMILES string of the molecule is COc1cccc(Cn2nccc2NC(=O)c2oc3ccccc3c2C)c1OC. The molecule has 0 spiro atoms. The second-order valence-corrected chi connectivity index (χ2v) is 6.53. The van der Waals surface area contributed by atoms with Crippen molar-refractivity contribution in [3.8, 4) is 11.5 Å². The Morgan fingerprint density at radius 3 is 2.69 bits per heavy atom. The van der Waals surface area contributed by atoms with Gasteiger partial charge in [0.05, 0.1) is 27.0 Å². The van der Waals surface area contributed by atoms with Crippen LogP contribution in [0.3, 0.4) is 0 Å². The van der Waals surface area contributed by atoms with Gasteiger partial charge in [0.25, 0.3) is 5.91 Å². The van der Waals surface area contributed by atoms with E-state index < -0.39 is 0 Å². The number of aromatic nitrogens is 2. The van der Waals surface area contributed by atoms with E-state index in [1.54, 1.807) is 31.2 Å². The first-order chi connectivity index (χ1) is 14.1. The van der Waals surface area contributed by atoms with Gasteiger partial charge in [-0.3, -0.25) is 4.79 Å². The highest BCUT2D eigenvalue weighted by molar-refractivity contribution is 6.06. The van der Waals surface area contributed by atoms with Crippen molar-refractivity contribution < 1.29 is 18.7 Å². The molecule has 2 aromatic carbocycles. The van der Waals surface area contributed by atoms with Gasteiger partial charge in [0.2, 0.25) is 0 Å². The Balaban J connectivity index is 1.60. The molecule has 0 unspecified atom stereocenters. The fraction of sp³-hybridized carbons (Fsp3) is 0.182. The van der Waals surface area contributed by atoms with Crippen molar-refractivity contribution in [3.05, 3.63) is 71.6 Å². The number of nitrogens with zero attached hydrogens (tertiary/aromatic N) is 2. The van der Waals surface area contributed by atoms with E-state index in [1.165, 1.54) is 0 Å². The maximum Gasteiger partial charge on any atom is 0.292 e. The lowest BCUT2D eigenvalue weighted by Crippen LogP contribution is -2.16. The molecular weight excluding hydrogens is 370 g/mol. The van der Waals surface area contributed by atoms with Gasteiger partial charge in [-0.1, -0.05) is 30.3 Å². The summed E-state index contributed by atoms with van der Waals surface area (Å²) >= 11 is 0. The zero-order valence-corrected chi connectivity index (χ0v) is 16.4. The van der Waals surface area contributed by atoms with Crippen LogP contribution in [0.2, 0.25) is 0 Å². The third kappa shape index (κ3) is 3.42. The summed E-state index contributed by atoms with van der Waals surface area (Å²) in [5.74, 6) is 1.80. The summed E-state index contributed by atoms with van der Waals surface area (Å²) in [5.41, 5.74) is 2.37. The van der Waals surface area contributed by atoms with E-state index in [0.717, 1.165) is 16.5 Å². The van der Waals surface area contributed by atoms with Crippen LogP contribution < -0.4 is 14.8 Å². The third-order valence-corrected chi connectivity index (χ3v) is 4.81. The quantitative estimate of drug-likeness (QED) is 0.531. The van der Waals surface area contributed by atoms with Crippen molar-refractivity contribution in [2.45, 2.75) is 13.5 Å². The topological polar surface area (TPSA) is 78.5 Å². The van der Waals surface area contributed by atoms with Crippen molar-refractivity contribution in [2.24, 2.45) is 0 Å². The maximum absolute atomic E-state index is 12.8. The van der Waals surface area contributed by atoms with Gasteiger partial charge in [0, 0.05) is 22.6 Å². The number of benzene rings is 2. The molecule has 1 N–H and O–H groups in total. The minimum Gasteiger partial charge on any atom is -0.493 e. The number of carbonyl (C=O) groups is 1. The molecule has 0 saturated carbocycles. The van der Waals surface area contributed by atoms with Crippen molar-refractivity contribution >= 4 is 22.7 Å². The molecule has 148 valence electrons. The zero-order chi connectivity index (χ0) is 20.4. The van der Waals surface area contributed by atoms with Gasteiger partial charge in [0.1, 0.15) is 11.4 Å². The number of anilines is 1. The average molecular weight is 391 g/mol. The lowest BCUT2D eigenvalue weighted by atomic mass is 10.1. The summed E-state index contributed by atoms with van der Waals surface area (Å²) in [6.45, 7) is 2.28. The maximum atomic E-state index is 12.8. The highest BCUT2D eigenvalue weighted by atomic mass is 16.5. The van der Waals surface area contributed by atoms with E-state index in [9.17, 15) is 4.79 Å². The van der Waals surface area contributed by atoms with E-state index in [0.29, 0.717) is 29.4 Å². The van der Waals surface area contributed by atoms with Gasteiger partial charge in [-0.25, -0.2) is 4.68 Å². The number of nitrogens with one attached hydrogen (secondary N) is 1. The minimum absolute atomic E-state index is 0.290. The smallest absolute Gasteiger partial charge is 0.292 e. The Kier molecular flexibility index (Phi) is 4.95. The molecule has 0 bridgehead atoms. The first-order valence-corrected chi connectivity index (χ1v) is 9.13. The number of amides is 1. The van der Waals surface area contributed by atoms with Crippen LogP contribution in [-0.2, 0) is 6.54 Å². The Morgan fingerprint density at radius 1 is 1.10 bits per heavy atom. The van der Waals surface area contributed by atoms with Crippen LogP contribution in [0.1, 0.15) is 21.7 Å². The van der Waals surface area contributed by atoms with Gasteiger partial charge in [0.15, 0.2) is 17.3 Å². The molecule has 0 saturated heterocycles.